The van der Waals surface area contributed by atoms with Crippen molar-refractivity contribution in [3.05, 3.63) is 34.9 Å². The Balaban J connectivity index is 2.67. The molecule has 1 aromatic rings. The van der Waals surface area contributed by atoms with Crippen LogP contribution in [-0.2, 0) is 10.5 Å². The van der Waals surface area contributed by atoms with Gasteiger partial charge in [0.1, 0.15) is 0 Å². The summed E-state index contributed by atoms with van der Waals surface area (Å²) < 4.78 is 41.9. The molecule has 0 bridgehead atoms. The normalized spacial score (nSPS) is 22.6. The molecular formula is C10H5F3O5. The zero-order valence-corrected chi connectivity index (χ0v) is 8.49. The number of cyclic esters (lactones) is 1. The van der Waals surface area contributed by atoms with Crippen molar-refractivity contribution in [1.29, 1.82) is 0 Å². The number of ether oxygens (including phenoxy) is 1. The number of aliphatic hydroxyl groups is 1. The van der Waals surface area contributed by atoms with Gasteiger partial charge in [-0.15, -0.1) is 0 Å². The van der Waals surface area contributed by atoms with E-state index in [0.717, 1.165) is 12.1 Å². The third kappa shape index (κ3) is 1.53. The van der Waals surface area contributed by atoms with Gasteiger partial charge in [0.25, 0.3) is 0 Å². The highest BCUT2D eigenvalue weighted by Crippen LogP contribution is 2.46. The maximum atomic E-state index is 12.7. The number of benzene rings is 1. The number of carboxylic acid groups (broad SMARTS) is 1. The molecule has 0 amide bonds. The summed E-state index contributed by atoms with van der Waals surface area (Å²) in [6.45, 7) is 0. The molecule has 1 atom stereocenters. The molecule has 0 aromatic heterocycles. The number of halogens is 3. The van der Waals surface area contributed by atoms with Crippen molar-refractivity contribution < 1.29 is 37.7 Å². The highest BCUT2D eigenvalue weighted by Gasteiger charge is 2.63. The summed E-state index contributed by atoms with van der Waals surface area (Å²) in [6.07, 6.45) is -5.26. The molecule has 1 heterocycles. The molecule has 0 aliphatic carbocycles. The van der Waals surface area contributed by atoms with Crippen LogP contribution < -0.4 is 0 Å². The minimum atomic E-state index is -5.26. The number of hydrogen-bond donors (Lipinski definition) is 2. The predicted octanol–water partition coefficient (Wildman–Crippen LogP) is 1.26. The fourth-order valence-corrected chi connectivity index (χ4v) is 1.59. The Morgan fingerprint density at radius 3 is 2.44 bits per heavy atom. The molecule has 1 aliphatic rings. The topological polar surface area (TPSA) is 83.8 Å². The van der Waals surface area contributed by atoms with Crippen LogP contribution in [0, 0.1) is 0 Å². The van der Waals surface area contributed by atoms with E-state index in [-0.39, 0.29) is 0 Å². The summed E-state index contributed by atoms with van der Waals surface area (Å²) in [6, 6.07) is 2.38. The molecule has 0 radical (unpaired) electrons. The molecule has 0 fully saturated rings. The molecule has 0 saturated heterocycles. The second-order valence-corrected chi connectivity index (χ2v) is 3.60. The third-order valence-corrected chi connectivity index (χ3v) is 2.48. The number of hydrogen-bond acceptors (Lipinski definition) is 4. The lowest BCUT2D eigenvalue weighted by atomic mass is 9.99. The van der Waals surface area contributed by atoms with E-state index in [2.05, 4.69) is 4.74 Å². The summed E-state index contributed by atoms with van der Waals surface area (Å²) in [4.78, 5) is 21.8. The Hall–Kier alpha value is -2.09. The molecule has 0 saturated carbocycles. The van der Waals surface area contributed by atoms with Gasteiger partial charge in [-0.25, -0.2) is 9.59 Å². The van der Waals surface area contributed by atoms with Gasteiger partial charge in [0.05, 0.1) is 11.1 Å². The summed E-state index contributed by atoms with van der Waals surface area (Å²) in [5.41, 5.74) is -1.92. The van der Waals surface area contributed by atoms with Gasteiger partial charge < -0.3 is 14.9 Å². The van der Waals surface area contributed by atoms with Crippen LogP contribution in [0.25, 0.3) is 0 Å². The van der Waals surface area contributed by atoms with Crippen LogP contribution in [0.1, 0.15) is 26.3 Å². The molecule has 2 N–H and O–H groups in total. The number of alkyl halides is 3. The van der Waals surface area contributed by atoms with Crippen molar-refractivity contribution in [3.63, 3.8) is 0 Å². The quantitative estimate of drug-likeness (QED) is 0.744. The largest absolute Gasteiger partial charge is 0.478 e. The molecule has 0 spiro atoms. The van der Waals surface area contributed by atoms with Crippen LogP contribution in [0.5, 0.6) is 0 Å². The Morgan fingerprint density at radius 2 is 1.94 bits per heavy atom. The van der Waals surface area contributed by atoms with Gasteiger partial charge in [-0.05, 0) is 18.2 Å². The van der Waals surface area contributed by atoms with Gasteiger partial charge in [0, 0.05) is 5.56 Å². The molecule has 1 aromatic carbocycles. The first-order valence-corrected chi connectivity index (χ1v) is 4.57. The van der Waals surface area contributed by atoms with E-state index in [9.17, 15) is 27.9 Å². The fraction of sp³-hybridized carbons (Fsp3) is 0.200. The number of carbonyl (C=O) groups is 2. The maximum absolute atomic E-state index is 12.7. The monoisotopic (exact) mass is 262 g/mol. The Labute approximate surface area is 97.4 Å². The van der Waals surface area contributed by atoms with E-state index in [0.29, 0.717) is 6.07 Å². The number of carbonyl (C=O) groups excluding carboxylic acids is 1. The lowest BCUT2D eigenvalue weighted by molar-refractivity contribution is -0.349. The van der Waals surface area contributed by atoms with E-state index in [1.165, 1.54) is 0 Å². The van der Waals surface area contributed by atoms with Crippen LogP contribution in [0.15, 0.2) is 18.2 Å². The van der Waals surface area contributed by atoms with Gasteiger partial charge in [-0.3, -0.25) is 0 Å². The molecular weight excluding hydrogens is 257 g/mol. The van der Waals surface area contributed by atoms with Crippen LogP contribution >= 0.6 is 0 Å². The average molecular weight is 262 g/mol. The summed E-state index contributed by atoms with van der Waals surface area (Å²) in [5.74, 6) is -6.64. The zero-order chi connectivity index (χ0) is 13.7. The molecule has 2 rings (SSSR count). The van der Waals surface area contributed by atoms with E-state index < -0.39 is 40.6 Å². The van der Waals surface area contributed by atoms with Gasteiger partial charge >= 0.3 is 23.9 Å². The SMILES string of the molecule is O=C(O)c1ccc2c(c1)C(O)(C(F)(F)F)OC2=O. The average Bonchev–Trinajstić information content (AvgIpc) is 2.51. The van der Waals surface area contributed by atoms with Gasteiger partial charge in [-0.2, -0.15) is 13.2 Å². The van der Waals surface area contributed by atoms with Crippen molar-refractivity contribution in [1.82, 2.24) is 0 Å². The van der Waals surface area contributed by atoms with Crippen molar-refractivity contribution in [2.45, 2.75) is 12.0 Å². The predicted molar refractivity (Wildman–Crippen MR) is 48.8 cm³/mol. The molecule has 18 heavy (non-hydrogen) atoms. The first-order chi connectivity index (χ1) is 8.17. The smallest absolute Gasteiger partial charge is 0.460 e. The molecule has 1 unspecified atom stereocenters. The number of carboxylic acids is 1. The Kier molecular flexibility index (Phi) is 2.37. The van der Waals surface area contributed by atoms with Crippen LogP contribution in [-0.4, -0.2) is 28.3 Å². The Morgan fingerprint density at radius 1 is 1.33 bits per heavy atom. The number of esters is 1. The highest BCUT2D eigenvalue weighted by atomic mass is 19.4. The molecule has 8 heteroatoms. The number of fused-ring (bicyclic) bond motifs is 1. The second kappa shape index (κ2) is 3.45. The third-order valence-electron chi connectivity index (χ3n) is 2.48. The number of rotatable bonds is 1. The van der Waals surface area contributed by atoms with Crippen LogP contribution in [0.2, 0.25) is 0 Å². The minimum Gasteiger partial charge on any atom is -0.478 e. The minimum absolute atomic E-state index is 0.491. The standard InChI is InChI=1S/C10H5F3O5/c11-10(12,13)9(17)6-3-4(7(14)15)1-2-5(6)8(16)18-9/h1-3,17H,(H,14,15). The van der Waals surface area contributed by atoms with E-state index in [1.54, 1.807) is 0 Å². The van der Waals surface area contributed by atoms with Crippen molar-refractivity contribution in [2.75, 3.05) is 0 Å². The van der Waals surface area contributed by atoms with Crippen molar-refractivity contribution in [2.24, 2.45) is 0 Å². The fourth-order valence-electron chi connectivity index (χ4n) is 1.59. The van der Waals surface area contributed by atoms with Gasteiger partial charge in [0.2, 0.25) is 0 Å². The Bertz CT molecular complexity index is 551. The first-order valence-electron chi connectivity index (χ1n) is 4.57. The van der Waals surface area contributed by atoms with E-state index >= 15 is 0 Å². The molecule has 1 aliphatic heterocycles. The van der Waals surface area contributed by atoms with E-state index in [4.69, 9.17) is 5.11 Å². The summed E-state index contributed by atoms with van der Waals surface area (Å²) in [5, 5.41) is 18.1. The van der Waals surface area contributed by atoms with Gasteiger partial charge in [-0.1, -0.05) is 0 Å². The summed E-state index contributed by atoms with van der Waals surface area (Å²) in [7, 11) is 0. The van der Waals surface area contributed by atoms with Gasteiger partial charge in [0.15, 0.2) is 0 Å². The molecule has 5 nitrogen and oxygen atoms in total. The molecule has 96 valence electrons. The maximum Gasteiger partial charge on any atom is 0.460 e. The number of aromatic carboxylic acids is 1. The van der Waals surface area contributed by atoms with Crippen molar-refractivity contribution >= 4 is 11.9 Å². The zero-order valence-electron chi connectivity index (χ0n) is 8.49. The van der Waals surface area contributed by atoms with E-state index in [1.807, 2.05) is 0 Å². The van der Waals surface area contributed by atoms with Crippen LogP contribution in [0.3, 0.4) is 0 Å². The first kappa shape index (κ1) is 12.4. The van der Waals surface area contributed by atoms with Crippen LogP contribution in [0.4, 0.5) is 13.2 Å². The lowest BCUT2D eigenvalue weighted by Crippen LogP contribution is -2.42. The lowest BCUT2D eigenvalue weighted by Gasteiger charge is -2.24. The highest BCUT2D eigenvalue weighted by molar-refractivity contribution is 5.97. The summed E-state index contributed by atoms with van der Waals surface area (Å²) >= 11 is 0. The second-order valence-electron chi connectivity index (χ2n) is 3.60. The van der Waals surface area contributed by atoms with Crippen molar-refractivity contribution in [3.8, 4) is 0 Å².